The van der Waals surface area contributed by atoms with Gasteiger partial charge in [0.2, 0.25) is 5.91 Å². The Morgan fingerprint density at radius 2 is 1.96 bits per heavy atom. The zero-order chi connectivity index (χ0) is 17.9. The number of hydrogen-bond donors (Lipinski definition) is 1. The molecule has 0 bridgehead atoms. The van der Waals surface area contributed by atoms with E-state index in [1.807, 2.05) is 0 Å². The van der Waals surface area contributed by atoms with Crippen molar-refractivity contribution < 1.29 is 18.0 Å². The van der Waals surface area contributed by atoms with Crippen molar-refractivity contribution >= 4 is 21.8 Å². The summed E-state index contributed by atoms with van der Waals surface area (Å²) in [6, 6.07) is 3.93. The monoisotopic (exact) mass is 403 g/mol. The maximum absolute atomic E-state index is 13.6. The van der Waals surface area contributed by atoms with Crippen molar-refractivity contribution in [2.75, 3.05) is 6.54 Å². The van der Waals surface area contributed by atoms with Gasteiger partial charge in [-0.1, -0.05) is 40.9 Å². The molecule has 4 nitrogen and oxygen atoms in total. The molecule has 1 aromatic carbocycles. The van der Waals surface area contributed by atoms with Crippen LogP contribution >= 0.6 is 15.9 Å². The molecule has 1 unspecified atom stereocenters. The quantitative estimate of drug-likeness (QED) is 0.738. The van der Waals surface area contributed by atoms with Crippen LogP contribution in [0.1, 0.15) is 30.9 Å². The molecule has 1 aliphatic carbocycles. The van der Waals surface area contributed by atoms with Gasteiger partial charge in [-0.25, -0.2) is 0 Å². The highest BCUT2D eigenvalue weighted by Crippen LogP contribution is 2.39. The van der Waals surface area contributed by atoms with Gasteiger partial charge in [-0.3, -0.25) is 4.79 Å². The Hall–Kier alpha value is -1.59. The third-order valence-corrected chi connectivity index (χ3v) is 4.46. The number of benzene rings is 1. The van der Waals surface area contributed by atoms with E-state index in [1.54, 1.807) is 6.07 Å². The SMILES string of the molecule is N#CCN(C(=O)[C@@H](N)CC1CC1)C(c1ccc(Br)cc1)C(F)(F)F. The minimum Gasteiger partial charge on any atom is -0.320 e. The molecule has 1 saturated carbocycles. The molecular weight excluding hydrogens is 387 g/mol. The first-order valence-electron chi connectivity index (χ1n) is 7.49. The summed E-state index contributed by atoms with van der Waals surface area (Å²) in [6.45, 7) is -0.669. The van der Waals surface area contributed by atoms with E-state index in [2.05, 4.69) is 15.9 Å². The van der Waals surface area contributed by atoms with Crippen molar-refractivity contribution in [2.45, 2.75) is 37.5 Å². The molecule has 0 saturated heterocycles. The Kier molecular flexibility index (Phi) is 5.88. The van der Waals surface area contributed by atoms with Crippen LogP contribution in [-0.2, 0) is 4.79 Å². The molecule has 2 N–H and O–H groups in total. The van der Waals surface area contributed by atoms with Crippen LogP contribution in [0, 0.1) is 17.2 Å². The van der Waals surface area contributed by atoms with Crippen molar-refractivity contribution in [2.24, 2.45) is 11.7 Å². The van der Waals surface area contributed by atoms with Crippen LogP contribution in [0.2, 0.25) is 0 Å². The van der Waals surface area contributed by atoms with Crippen LogP contribution in [0.5, 0.6) is 0 Å². The van der Waals surface area contributed by atoms with Gasteiger partial charge in [-0.05, 0) is 30.0 Å². The van der Waals surface area contributed by atoms with E-state index in [4.69, 9.17) is 11.0 Å². The minimum absolute atomic E-state index is 0.104. The second kappa shape index (κ2) is 7.53. The van der Waals surface area contributed by atoms with Crippen LogP contribution in [-0.4, -0.2) is 29.6 Å². The van der Waals surface area contributed by atoms with Gasteiger partial charge in [0.25, 0.3) is 0 Å². The number of alkyl halides is 3. The molecule has 0 aromatic heterocycles. The predicted molar refractivity (Wildman–Crippen MR) is 85.6 cm³/mol. The average Bonchev–Trinajstić information content (AvgIpc) is 3.30. The van der Waals surface area contributed by atoms with Crippen LogP contribution in [0.3, 0.4) is 0 Å². The largest absolute Gasteiger partial charge is 0.413 e. The lowest BCUT2D eigenvalue weighted by molar-refractivity contribution is -0.191. The molecule has 0 radical (unpaired) electrons. The molecule has 1 aromatic rings. The highest BCUT2D eigenvalue weighted by molar-refractivity contribution is 9.10. The smallest absolute Gasteiger partial charge is 0.320 e. The van der Waals surface area contributed by atoms with Gasteiger partial charge in [0.1, 0.15) is 6.54 Å². The van der Waals surface area contributed by atoms with E-state index in [0.717, 1.165) is 12.8 Å². The van der Waals surface area contributed by atoms with Crippen molar-refractivity contribution in [1.82, 2.24) is 4.90 Å². The van der Waals surface area contributed by atoms with Crippen LogP contribution in [0.4, 0.5) is 13.2 Å². The molecule has 2 rings (SSSR count). The second-order valence-corrected chi connectivity index (χ2v) is 6.82. The first-order valence-corrected chi connectivity index (χ1v) is 8.28. The van der Waals surface area contributed by atoms with Gasteiger partial charge in [0.15, 0.2) is 6.04 Å². The zero-order valence-electron chi connectivity index (χ0n) is 12.8. The summed E-state index contributed by atoms with van der Waals surface area (Å²) in [5.74, 6) is -0.543. The maximum Gasteiger partial charge on any atom is 0.413 e. The molecule has 1 amide bonds. The van der Waals surface area contributed by atoms with Crippen molar-refractivity contribution in [3.63, 3.8) is 0 Å². The van der Waals surface area contributed by atoms with Gasteiger partial charge in [-0.2, -0.15) is 18.4 Å². The van der Waals surface area contributed by atoms with E-state index in [0.29, 0.717) is 21.7 Å². The summed E-state index contributed by atoms with van der Waals surface area (Å²) in [5.41, 5.74) is 5.69. The number of nitrogens with zero attached hydrogens (tertiary/aromatic N) is 2. The Labute approximate surface area is 146 Å². The van der Waals surface area contributed by atoms with Crippen molar-refractivity contribution in [1.29, 1.82) is 5.26 Å². The summed E-state index contributed by atoms with van der Waals surface area (Å²) >= 11 is 3.16. The Balaban J connectivity index is 2.32. The Morgan fingerprint density at radius 1 is 1.38 bits per heavy atom. The van der Waals surface area contributed by atoms with E-state index in [1.165, 1.54) is 24.3 Å². The lowest BCUT2D eigenvalue weighted by Gasteiger charge is -2.33. The summed E-state index contributed by atoms with van der Waals surface area (Å²) in [7, 11) is 0. The normalized spacial score (nSPS) is 17.0. The molecule has 130 valence electrons. The fourth-order valence-corrected chi connectivity index (χ4v) is 2.85. The number of nitriles is 1. The molecule has 0 aliphatic heterocycles. The van der Waals surface area contributed by atoms with E-state index in [9.17, 15) is 18.0 Å². The number of halogens is 4. The summed E-state index contributed by atoms with van der Waals surface area (Å²) in [4.78, 5) is 13.0. The third kappa shape index (κ3) is 4.71. The van der Waals surface area contributed by atoms with Crippen LogP contribution in [0.25, 0.3) is 0 Å². The Morgan fingerprint density at radius 3 is 2.42 bits per heavy atom. The molecule has 1 aliphatic rings. The second-order valence-electron chi connectivity index (χ2n) is 5.91. The van der Waals surface area contributed by atoms with Crippen molar-refractivity contribution in [3.8, 4) is 6.07 Å². The maximum atomic E-state index is 13.6. The number of carbonyl (C=O) groups excluding carboxylic acids is 1. The Bertz CT molecular complexity index is 623. The summed E-state index contributed by atoms with van der Waals surface area (Å²) in [6.07, 6.45) is -2.48. The highest BCUT2D eigenvalue weighted by atomic mass is 79.9. The van der Waals surface area contributed by atoms with Gasteiger partial charge in [-0.15, -0.1) is 0 Å². The van der Waals surface area contributed by atoms with Gasteiger partial charge < -0.3 is 10.6 Å². The number of amides is 1. The predicted octanol–water partition coefficient (Wildman–Crippen LogP) is 3.53. The molecule has 1 fully saturated rings. The van der Waals surface area contributed by atoms with E-state index in [-0.39, 0.29) is 5.56 Å². The third-order valence-electron chi connectivity index (χ3n) is 3.93. The molecule has 8 heteroatoms. The lowest BCUT2D eigenvalue weighted by atomic mass is 10.0. The van der Waals surface area contributed by atoms with Crippen molar-refractivity contribution in [3.05, 3.63) is 34.3 Å². The fourth-order valence-electron chi connectivity index (χ4n) is 2.59. The van der Waals surface area contributed by atoms with E-state index >= 15 is 0 Å². The standard InChI is InChI=1S/C16H17BrF3N3O/c17-12-5-3-11(4-6-12)14(16(18,19)20)23(8-7-21)15(24)13(22)9-10-1-2-10/h3-6,10,13-14H,1-2,8-9,22H2/t13-,14?/m0/s1. The molecule has 0 spiro atoms. The molecule has 2 atom stereocenters. The lowest BCUT2D eigenvalue weighted by Crippen LogP contribution is -2.49. The number of carbonyl (C=O) groups is 1. The number of rotatable bonds is 6. The fraction of sp³-hybridized carbons (Fsp3) is 0.500. The minimum atomic E-state index is -4.71. The topological polar surface area (TPSA) is 70.1 Å². The van der Waals surface area contributed by atoms with Gasteiger partial charge in [0, 0.05) is 4.47 Å². The molecular formula is C16H17BrF3N3O. The summed E-state index contributed by atoms with van der Waals surface area (Å²) < 4.78 is 41.5. The van der Waals surface area contributed by atoms with E-state index < -0.39 is 30.7 Å². The molecule has 24 heavy (non-hydrogen) atoms. The van der Waals surface area contributed by atoms with Crippen LogP contribution in [0.15, 0.2) is 28.7 Å². The zero-order valence-corrected chi connectivity index (χ0v) is 14.3. The number of nitrogens with two attached hydrogens (primary N) is 1. The van der Waals surface area contributed by atoms with Gasteiger partial charge >= 0.3 is 6.18 Å². The first-order chi connectivity index (χ1) is 11.2. The average molecular weight is 404 g/mol. The first kappa shape index (κ1) is 18.7. The molecule has 0 heterocycles. The van der Waals surface area contributed by atoms with Gasteiger partial charge in [0.05, 0.1) is 12.1 Å². The number of hydrogen-bond acceptors (Lipinski definition) is 3. The summed E-state index contributed by atoms with van der Waals surface area (Å²) in [5, 5.41) is 8.91. The van der Waals surface area contributed by atoms with Crippen LogP contribution < -0.4 is 5.73 Å². The highest BCUT2D eigenvalue weighted by Gasteiger charge is 2.47.